The first-order valence-electron chi connectivity index (χ1n) is 5.30. The van der Waals surface area contributed by atoms with Crippen molar-refractivity contribution in [3.63, 3.8) is 0 Å². The first-order valence-corrected chi connectivity index (χ1v) is 5.30. The predicted octanol–water partition coefficient (Wildman–Crippen LogP) is 2.42. The van der Waals surface area contributed by atoms with Crippen molar-refractivity contribution in [1.29, 1.82) is 0 Å². The molecule has 1 heterocycles. The summed E-state index contributed by atoms with van der Waals surface area (Å²) in [5, 5.41) is 3.05. The Balaban J connectivity index is 2.15. The molecule has 1 N–H and O–H groups in total. The molecule has 1 fully saturated rings. The Kier molecular flexibility index (Phi) is 2.66. The Bertz CT molecular complexity index is 311. The van der Waals surface area contributed by atoms with Crippen LogP contribution in [0, 0.1) is 5.92 Å². The van der Waals surface area contributed by atoms with Crippen molar-refractivity contribution in [1.82, 2.24) is 9.97 Å². The highest BCUT2D eigenvalue weighted by Crippen LogP contribution is 2.36. The summed E-state index contributed by atoms with van der Waals surface area (Å²) in [4.78, 5) is 8.84. The molecule has 1 saturated carbocycles. The first-order chi connectivity index (χ1) is 6.79. The van der Waals surface area contributed by atoms with Gasteiger partial charge in [-0.15, -0.1) is 0 Å². The number of aromatic nitrogens is 2. The Morgan fingerprint density at radius 2 is 2.29 bits per heavy atom. The summed E-state index contributed by atoms with van der Waals surface area (Å²) >= 11 is 0. The maximum atomic E-state index is 4.49. The molecule has 2 unspecified atom stereocenters. The number of hydrogen-bond acceptors (Lipinski definition) is 3. The quantitative estimate of drug-likeness (QED) is 0.780. The molecule has 1 aliphatic rings. The van der Waals surface area contributed by atoms with E-state index >= 15 is 0 Å². The molecule has 0 aliphatic heterocycles. The van der Waals surface area contributed by atoms with Gasteiger partial charge in [-0.25, -0.2) is 9.97 Å². The van der Waals surface area contributed by atoms with Crippen molar-refractivity contribution in [3.05, 3.63) is 18.1 Å². The minimum Gasteiger partial charge on any atom is -0.373 e. The molecule has 1 aromatic rings. The number of rotatable bonds is 2. The van der Waals surface area contributed by atoms with Crippen LogP contribution in [0.2, 0.25) is 0 Å². The molecule has 0 radical (unpaired) electrons. The average molecular weight is 191 g/mol. The maximum absolute atomic E-state index is 4.49. The van der Waals surface area contributed by atoms with E-state index in [0.29, 0.717) is 5.92 Å². The zero-order valence-corrected chi connectivity index (χ0v) is 8.83. The summed E-state index contributed by atoms with van der Waals surface area (Å²) in [6.07, 6.45) is 5.65. The van der Waals surface area contributed by atoms with Gasteiger partial charge in [-0.3, -0.25) is 0 Å². The van der Waals surface area contributed by atoms with Crippen LogP contribution < -0.4 is 5.32 Å². The smallest absolute Gasteiger partial charge is 0.133 e. The van der Waals surface area contributed by atoms with Gasteiger partial charge in [0.1, 0.15) is 11.6 Å². The van der Waals surface area contributed by atoms with E-state index in [-0.39, 0.29) is 0 Å². The van der Waals surface area contributed by atoms with E-state index in [1.54, 1.807) is 0 Å². The van der Waals surface area contributed by atoms with Gasteiger partial charge in [0.05, 0.1) is 0 Å². The third-order valence-corrected chi connectivity index (χ3v) is 2.99. The summed E-state index contributed by atoms with van der Waals surface area (Å²) in [7, 11) is 1.89. The molecule has 0 saturated heterocycles. The molecule has 2 atom stereocenters. The Morgan fingerprint density at radius 3 is 2.93 bits per heavy atom. The van der Waals surface area contributed by atoms with Gasteiger partial charge in [0, 0.05) is 19.2 Å². The number of nitrogens with zero attached hydrogens (tertiary/aromatic N) is 2. The van der Waals surface area contributed by atoms with Gasteiger partial charge < -0.3 is 5.32 Å². The second-order valence-electron chi connectivity index (χ2n) is 4.17. The lowest BCUT2D eigenvalue weighted by Crippen LogP contribution is -2.03. The molecular formula is C11H17N3. The number of hydrogen-bond donors (Lipinski definition) is 1. The third-order valence-electron chi connectivity index (χ3n) is 2.99. The van der Waals surface area contributed by atoms with Crippen molar-refractivity contribution >= 4 is 5.82 Å². The molecule has 0 aromatic carbocycles. The molecule has 0 amide bonds. The SMILES string of the molecule is CNc1ccnc(C2CCC(C)C2)n1. The molecule has 1 aromatic heterocycles. The van der Waals surface area contributed by atoms with E-state index in [1.165, 1.54) is 19.3 Å². The summed E-state index contributed by atoms with van der Waals surface area (Å²) in [5.74, 6) is 3.36. The van der Waals surface area contributed by atoms with Crippen LogP contribution in [0.15, 0.2) is 12.3 Å². The summed E-state index contributed by atoms with van der Waals surface area (Å²) in [6, 6.07) is 1.90. The zero-order valence-electron chi connectivity index (χ0n) is 8.83. The van der Waals surface area contributed by atoms with E-state index in [2.05, 4.69) is 22.2 Å². The molecule has 14 heavy (non-hydrogen) atoms. The molecule has 1 aliphatic carbocycles. The van der Waals surface area contributed by atoms with Crippen LogP contribution in [-0.2, 0) is 0 Å². The van der Waals surface area contributed by atoms with Gasteiger partial charge in [-0.2, -0.15) is 0 Å². The van der Waals surface area contributed by atoms with E-state index in [0.717, 1.165) is 17.6 Å². The summed E-state index contributed by atoms with van der Waals surface area (Å²) in [6.45, 7) is 2.31. The fourth-order valence-electron chi connectivity index (χ4n) is 2.15. The lowest BCUT2D eigenvalue weighted by atomic mass is 10.1. The second-order valence-corrected chi connectivity index (χ2v) is 4.17. The summed E-state index contributed by atoms with van der Waals surface area (Å²) < 4.78 is 0. The first kappa shape index (κ1) is 9.44. The van der Waals surface area contributed by atoms with Crippen LogP contribution in [0.4, 0.5) is 5.82 Å². The minimum atomic E-state index is 0.582. The number of nitrogens with one attached hydrogen (secondary N) is 1. The van der Waals surface area contributed by atoms with E-state index < -0.39 is 0 Å². The van der Waals surface area contributed by atoms with E-state index in [1.807, 2.05) is 19.3 Å². The van der Waals surface area contributed by atoms with Crippen molar-refractivity contribution in [2.45, 2.75) is 32.1 Å². The normalized spacial score (nSPS) is 26.4. The van der Waals surface area contributed by atoms with Gasteiger partial charge in [0.15, 0.2) is 0 Å². The average Bonchev–Trinajstić information content (AvgIpc) is 2.65. The third kappa shape index (κ3) is 1.86. The maximum Gasteiger partial charge on any atom is 0.133 e. The van der Waals surface area contributed by atoms with Crippen LogP contribution in [0.1, 0.15) is 37.9 Å². The van der Waals surface area contributed by atoms with Crippen molar-refractivity contribution in [2.75, 3.05) is 12.4 Å². The Labute approximate surface area is 85.0 Å². The molecule has 0 bridgehead atoms. The van der Waals surface area contributed by atoms with Crippen LogP contribution >= 0.6 is 0 Å². The zero-order chi connectivity index (χ0) is 9.97. The Morgan fingerprint density at radius 1 is 1.43 bits per heavy atom. The number of anilines is 1. The molecule has 76 valence electrons. The lowest BCUT2D eigenvalue weighted by Gasteiger charge is -2.08. The van der Waals surface area contributed by atoms with Crippen LogP contribution in [0.3, 0.4) is 0 Å². The highest BCUT2D eigenvalue weighted by atomic mass is 15.0. The van der Waals surface area contributed by atoms with Crippen LogP contribution in [-0.4, -0.2) is 17.0 Å². The van der Waals surface area contributed by atoms with E-state index in [4.69, 9.17) is 0 Å². The van der Waals surface area contributed by atoms with Gasteiger partial charge in [-0.1, -0.05) is 6.92 Å². The van der Waals surface area contributed by atoms with E-state index in [9.17, 15) is 0 Å². The fraction of sp³-hybridized carbons (Fsp3) is 0.636. The molecule has 0 spiro atoms. The molecule has 2 rings (SSSR count). The second kappa shape index (κ2) is 3.95. The lowest BCUT2D eigenvalue weighted by molar-refractivity contribution is 0.585. The topological polar surface area (TPSA) is 37.8 Å². The van der Waals surface area contributed by atoms with Crippen LogP contribution in [0.25, 0.3) is 0 Å². The standard InChI is InChI=1S/C11H17N3/c1-8-3-4-9(7-8)11-13-6-5-10(12-2)14-11/h5-6,8-9H,3-4,7H2,1-2H3,(H,12,13,14). The minimum absolute atomic E-state index is 0.582. The van der Waals surface area contributed by atoms with Gasteiger partial charge >= 0.3 is 0 Å². The van der Waals surface area contributed by atoms with Crippen LogP contribution in [0.5, 0.6) is 0 Å². The fourth-order valence-corrected chi connectivity index (χ4v) is 2.15. The van der Waals surface area contributed by atoms with Gasteiger partial charge in [0.25, 0.3) is 0 Å². The van der Waals surface area contributed by atoms with Gasteiger partial charge in [-0.05, 0) is 31.2 Å². The molecule has 3 heteroatoms. The molecular weight excluding hydrogens is 174 g/mol. The highest BCUT2D eigenvalue weighted by Gasteiger charge is 2.24. The van der Waals surface area contributed by atoms with Crippen molar-refractivity contribution in [2.24, 2.45) is 5.92 Å². The van der Waals surface area contributed by atoms with Crippen molar-refractivity contribution < 1.29 is 0 Å². The highest BCUT2D eigenvalue weighted by molar-refractivity contribution is 5.32. The van der Waals surface area contributed by atoms with Crippen molar-refractivity contribution in [3.8, 4) is 0 Å². The summed E-state index contributed by atoms with van der Waals surface area (Å²) in [5.41, 5.74) is 0. The monoisotopic (exact) mass is 191 g/mol. The Hall–Kier alpha value is -1.12. The largest absolute Gasteiger partial charge is 0.373 e. The van der Waals surface area contributed by atoms with Gasteiger partial charge in [0.2, 0.25) is 0 Å². The predicted molar refractivity (Wildman–Crippen MR) is 57.3 cm³/mol. The molecule has 3 nitrogen and oxygen atoms in total.